The number of benzene rings is 1. The van der Waals surface area contributed by atoms with E-state index < -0.39 is 11.7 Å². The number of halogens is 4. The molecule has 0 saturated heterocycles. The van der Waals surface area contributed by atoms with Gasteiger partial charge in [0, 0.05) is 10.4 Å². The van der Waals surface area contributed by atoms with Gasteiger partial charge in [0.1, 0.15) is 5.82 Å². The van der Waals surface area contributed by atoms with E-state index in [0.29, 0.717) is 11.8 Å². The van der Waals surface area contributed by atoms with Crippen LogP contribution in [-0.2, 0) is 12.6 Å². The molecule has 0 aliphatic heterocycles. The van der Waals surface area contributed by atoms with E-state index in [1.54, 1.807) is 6.07 Å². The van der Waals surface area contributed by atoms with Crippen LogP contribution < -0.4 is 11.3 Å². The van der Waals surface area contributed by atoms with Gasteiger partial charge in [-0.15, -0.1) is 0 Å². The van der Waals surface area contributed by atoms with E-state index in [2.05, 4.69) is 10.4 Å². The number of fused-ring (bicyclic) bond motifs is 1. The second-order valence-corrected chi connectivity index (χ2v) is 4.45. The number of pyridine rings is 1. The predicted molar refractivity (Wildman–Crippen MR) is 68.9 cm³/mol. The zero-order valence-corrected chi connectivity index (χ0v) is 10.7. The highest BCUT2D eigenvalue weighted by Gasteiger charge is 2.34. The summed E-state index contributed by atoms with van der Waals surface area (Å²) < 4.78 is 38.9. The summed E-state index contributed by atoms with van der Waals surface area (Å²) in [6.45, 7) is 1.86. The van der Waals surface area contributed by atoms with Crippen molar-refractivity contribution in [3.8, 4) is 0 Å². The van der Waals surface area contributed by atoms with Gasteiger partial charge < -0.3 is 5.43 Å². The summed E-state index contributed by atoms with van der Waals surface area (Å²) in [6.07, 6.45) is -3.92. The molecular formula is C12H11ClF3N3. The fraction of sp³-hybridized carbons (Fsp3) is 0.250. The number of nitrogens with zero attached hydrogens (tertiary/aromatic N) is 1. The lowest BCUT2D eigenvalue weighted by molar-refractivity contribution is -0.136. The number of anilines is 1. The molecule has 0 unspecified atom stereocenters. The van der Waals surface area contributed by atoms with E-state index in [1.807, 2.05) is 6.92 Å². The fourth-order valence-electron chi connectivity index (χ4n) is 1.91. The normalized spacial score (nSPS) is 11.9. The third-order valence-corrected chi connectivity index (χ3v) is 3.00. The first-order valence-electron chi connectivity index (χ1n) is 5.53. The van der Waals surface area contributed by atoms with Crippen molar-refractivity contribution in [2.45, 2.75) is 19.5 Å². The Bertz CT molecular complexity index is 626. The summed E-state index contributed by atoms with van der Waals surface area (Å²) in [5.41, 5.74) is 2.02. The van der Waals surface area contributed by atoms with E-state index in [0.717, 1.165) is 11.6 Å². The standard InChI is InChI=1S/C12H11ClF3N3/c1-2-6-3-7-4-8(13)5-9(12(14,15)16)10(7)18-11(6)19-17/h3-5H,2,17H2,1H3,(H,18,19). The summed E-state index contributed by atoms with van der Waals surface area (Å²) in [4.78, 5) is 3.96. The number of nitrogen functional groups attached to an aromatic ring is 1. The molecule has 1 aromatic heterocycles. The third kappa shape index (κ3) is 2.59. The highest BCUT2D eigenvalue weighted by molar-refractivity contribution is 6.31. The number of nitrogens with two attached hydrogens (primary N) is 1. The van der Waals surface area contributed by atoms with Crippen molar-refractivity contribution in [3.63, 3.8) is 0 Å². The first-order valence-corrected chi connectivity index (χ1v) is 5.91. The van der Waals surface area contributed by atoms with Gasteiger partial charge in [-0.25, -0.2) is 10.8 Å². The minimum absolute atomic E-state index is 0.0251. The molecule has 2 aromatic rings. The molecule has 1 aromatic carbocycles. The lowest BCUT2D eigenvalue weighted by Gasteiger charge is -2.13. The molecule has 7 heteroatoms. The molecule has 19 heavy (non-hydrogen) atoms. The Morgan fingerprint density at radius 3 is 2.53 bits per heavy atom. The largest absolute Gasteiger partial charge is 0.418 e. The van der Waals surface area contributed by atoms with Crippen molar-refractivity contribution >= 4 is 28.3 Å². The van der Waals surface area contributed by atoms with Crippen molar-refractivity contribution in [3.05, 3.63) is 34.3 Å². The maximum absolute atomic E-state index is 13.0. The van der Waals surface area contributed by atoms with Crippen LogP contribution in [-0.4, -0.2) is 4.98 Å². The van der Waals surface area contributed by atoms with E-state index in [4.69, 9.17) is 17.4 Å². The number of rotatable bonds is 2. The molecule has 102 valence electrons. The van der Waals surface area contributed by atoms with Crippen molar-refractivity contribution < 1.29 is 13.2 Å². The Hall–Kier alpha value is -1.53. The number of hydrogen-bond acceptors (Lipinski definition) is 3. The maximum Gasteiger partial charge on any atom is 0.418 e. The van der Waals surface area contributed by atoms with Gasteiger partial charge in [-0.3, -0.25) is 0 Å². The average molecular weight is 290 g/mol. The SMILES string of the molecule is CCc1cc2cc(Cl)cc(C(F)(F)F)c2nc1NN. The molecule has 3 nitrogen and oxygen atoms in total. The minimum Gasteiger partial charge on any atom is -0.308 e. The summed E-state index contributed by atoms with van der Waals surface area (Å²) in [6, 6.07) is 3.93. The second-order valence-electron chi connectivity index (χ2n) is 4.02. The van der Waals surface area contributed by atoms with Crippen LogP contribution in [0, 0.1) is 0 Å². The quantitative estimate of drug-likeness (QED) is 0.654. The van der Waals surface area contributed by atoms with Crippen LogP contribution in [0.4, 0.5) is 19.0 Å². The van der Waals surface area contributed by atoms with Gasteiger partial charge in [-0.05, 0) is 30.2 Å². The Morgan fingerprint density at radius 1 is 1.32 bits per heavy atom. The van der Waals surface area contributed by atoms with Crippen molar-refractivity contribution in [1.29, 1.82) is 0 Å². The molecule has 0 aliphatic carbocycles. The molecule has 0 aliphatic rings. The summed E-state index contributed by atoms with van der Waals surface area (Å²) in [7, 11) is 0. The van der Waals surface area contributed by atoms with Gasteiger partial charge in [0.2, 0.25) is 0 Å². The van der Waals surface area contributed by atoms with E-state index in [9.17, 15) is 13.2 Å². The molecule has 0 atom stereocenters. The van der Waals surface area contributed by atoms with Crippen LogP contribution in [0.5, 0.6) is 0 Å². The molecule has 2 rings (SSSR count). The number of alkyl halides is 3. The van der Waals surface area contributed by atoms with Crippen molar-refractivity contribution in [2.24, 2.45) is 5.84 Å². The zero-order valence-electron chi connectivity index (χ0n) is 9.98. The van der Waals surface area contributed by atoms with Crippen LogP contribution in [0.2, 0.25) is 5.02 Å². The monoisotopic (exact) mass is 289 g/mol. The molecule has 0 saturated carbocycles. The predicted octanol–water partition coefficient (Wildman–Crippen LogP) is 3.76. The lowest BCUT2D eigenvalue weighted by atomic mass is 10.1. The molecule has 1 heterocycles. The topological polar surface area (TPSA) is 50.9 Å². The molecule has 0 radical (unpaired) electrons. The van der Waals surface area contributed by atoms with E-state index in [1.165, 1.54) is 6.07 Å². The van der Waals surface area contributed by atoms with Gasteiger partial charge >= 0.3 is 6.18 Å². The molecule has 0 bridgehead atoms. The summed E-state index contributed by atoms with van der Waals surface area (Å²) in [5.74, 6) is 5.53. The Kier molecular flexibility index (Phi) is 3.56. The Morgan fingerprint density at radius 2 is 2.00 bits per heavy atom. The number of aromatic nitrogens is 1. The highest BCUT2D eigenvalue weighted by Crippen LogP contribution is 2.37. The van der Waals surface area contributed by atoms with Crippen LogP contribution in [0.15, 0.2) is 18.2 Å². The smallest absolute Gasteiger partial charge is 0.308 e. The van der Waals surface area contributed by atoms with Crippen LogP contribution in [0.1, 0.15) is 18.1 Å². The van der Waals surface area contributed by atoms with Gasteiger partial charge in [-0.1, -0.05) is 18.5 Å². The molecule has 0 amide bonds. The molecular weight excluding hydrogens is 279 g/mol. The Labute approximate surface area is 112 Å². The lowest BCUT2D eigenvalue weighted by Crippen LogP contribution is -2.13. The zero-order chi connectivity index (χ0) is 14.2. The van der Waals surface area contributed by atoms with Gasteiger partial charge in [0.15, 0.2) is 0 Å². The number of nitrogens with one attached hydrogen (secondary N) is 1. The first-order chi connectivity index (χ1) is 8.86. The molecule has 0 spiro atoms. The Balaban J connectivity index is 2.83. The number of hydrazine groups is 1. The first kappa shape index (κ1) is 13.9. The average Bonchev–Trinajstić information content (AvgIpc) is 2.34. The maximum atomic E-state index is 13.0. The number of hydrogen-bond donors (Lipinski definition) is 2. The van der Waals surface area contributed by atoms with Gasteiger partial charge in [0.05, 0.1) is 11.1 Å². The van der Waals surface area contributed by atoms with Gasteiger partial charge in [-0.2, -0.15) is 13.2 Å². The van der Waals surface area contributed by atoms with Crippen LogP contribution >= 0.6 is 11.6 Å². The third-order valence-electron chi connectivity index (χ3n) is 2.78. The number of aryl methyl sites for hydroxylation is 1. The highest BCUT2D eigenvalue weighted by atomic mass is 35.5. The van der Waals surface area contributed by atoms with Crippen molar-refractivity contribution in [2.75, 3.05) is 5.43 Å². The van der Waals surface area contributed by atoms with Crippen LogP contribution in [0.3, 0.4) is 0 Å². The van der Waals surface area contributed by atoms with E-state index >= 15 is 0 Å². The van der Waals surface area contributed by atoms with Crippen molar-refractivity contribution in [1.82, 2.24) is 4.98 Å². The fourth-order valence-corrected chi connectivity index (χ4v) is 2.13. The summed E-state index contributed by atoms with van der Waals surface area (Å²) >= 11 is 5.73. The van der Waals surface area contributed by atoms with E-state index in [-0.39, 0.29) is 16.4 Å². The minimum atomic E-state index is -4.52. The van der Waals surface area contributed by atoms with Gasteiger partial charge in [0.25, 0.3) is 0 Å². The second kappa shape index (κ2) is 4.86. The molecule has 0 fully saturated rings. The molecule has 3 N–H and O–H groups in total. The van der Waals surface area contributed by atoms with Crippen LogP contribution in [0.25, 0.3) is 10.9 Å². The summed E-state index contributed by atoms with van der Waals surface area (Å²) in [5, 5.41) is 0.368.